The van der Waals surface area contributed by atoms with Crippen molar-refractivity contribution in [3.05, 3.63) is 87.5 Å². The second-order valence-electron chi connectivity index (χ2n) is 12.5. The number of pyridine rings is 2. The van der Waals surface area contributed by atoms with Crippen LogP contribution in [0, 0.1) is 0 Å². The van der Waals surface area contributed by atoms with Gasteiger partial charge in [0.05, 0.1) is 35.1 Å². The maximum Gasteiger partial charge on any atom is 0.323 e. The Labute approximate surface area is 289 Å². The zero-order valence-electron chi connectivity index (χ0n) is 26.7. The van der Waals surface area contributed by atoms with Crippen LogP contribution in [0.2, 0.25) is 10.0 Å². The molecular formula is C37H37Cl2N5O4. The molecule has 2 saturated heterocycles. The molecule has 0 radical (unpaired) electrons. The molecule has 1 amide bonds. The van der Waals surface area contributed by atoms with Crippen LogP contribution in [0.4, 0.5) is 0 Å². The number of amides is 1. The molecule has 9 nitrogen and oxygen atoms in total. The lowest BCUT2D eigenvalue weighted by Crippen LogP contribution is -2.38. The molecule has 0 spiro atoms. The number of nitrogens with one attached hydrogen (secondary N) is 3. The number of nitrogens with zero attached hydrogens (tertiary/aromatic N) is 2. The number of aromatic nitrogens is 2. The molecule has 2 aliphatic heterocycles. The van der Waals surface area contributed by atoms with E-state index in [1.165, 1.54) is 11.1 Å². The first kappa shape index (κ1) is 32.5. The third kappa shape index (κ3) is 6.65. The Hall–Kier alpha value is -4.02. The molecule has 3 atom stereocenters. The topological polar surface area (TPSA) is 114 Å². The third-order valence-corrected chi connectivity index (χ3v) is 10.3. The van der Waals surface area contributed by atoms with Crippen molar-refractivity contribution in [1.29, 1.82) is 0 Å². The van der Waals surface area contributed by atoms with E-state index in [0.29, 0.717) is 53.3 Å². The van der Waals surface area contributed by atoms with Crippen LogP contribution in [-0.4, -0.2) is 54.2 Å². The van der Waals surface area contributed by atoms with Crippen LogP contribution >= 0.6 is 23.2 Å². The average Bonchev–Trinajstić information content (AvgIpc) is 3.73. The van der Waals surface area contributed by atoms with Gasteiger partial charge in [-0.25, -0.2) is 4.98 Å². The van der Waals surface area contributed by atoms with E-state index in [0.717, 1.165) is 60.0 Å². The van der Waals surface area contributed by atoms with Crippen molar-refractivity contribution in [3.63, 3.8) is 0 Å². The monoisotopic (exact) mass is 685 g/mol. The molecule has 1 aliphatic carbocycles. The maximum absolute atomic E-state index is 11.9. The van der Waals surface area contributed by atoms with Gasteiger partial charge in [0, 0.05) is 72.0 Å². The molecule has 3 N–H and O–H groups in total. The van der Waals surface area contributed by atoms with Crippen LogP contribution in [0.5, 0.6) is 5.88 Å². The number of fused-ring (bicyclic) bond motifs is 1. The van der Waals surface area contributed by atoms with Crippen molar-refractivity contribution in [2.24, 2.45) is 0 Å². The number of benzene rings is 2. The highest BCUT2D eigenvalue weighted by atomic mass is 35.5. The lowest BCUT2D eigenvalue weighted by atomic mass is 9.86. The lowest BCUT2D eigenvalue weighted by Gasteiger charge is -2.28. The number of carbonyl (C=O) groups is 2. The fourth-order valence-corrected chi connectivity index (χ4v) is 7.57. The van der Waals surface area contributed by atoms with E-state index < -0.39 is 0 Å². The largest absolute Gasteiger partial charge is 0.481 e. The summed E-state index contributed by atoms with van der Waals surface area (Å²) in [5.74, 6) is 0.355. The Morgan fingerprint density at radius 3 is 2.58 bits per heavy atom. The first-order valence-electron chi connectivity index (χ1n) is 16.4. The van der Waals surface area contributed by atoms with Gasteiger partial charge in [0.15, 0.2) is 0 Å². The number of ether oxygens (including phenoxy) is 2. The molecule has 248 valence electrons. The molecule has 2 aromatic heterocycles. The Bertz CT molecular complexity index is 1870. The Balaban J connectivity index is 1.13. The van der Waals surface area contributed by atoms with Crippen LogP contribution in [0.15, 0.2) is 60.8 Å². The van der Waals surface area contributed by atoms with Crippen LogP contribution in [0.25, 0.3) is 33.6 Å². The van der Waals surface area contributed by atoms with Gasteiger partial charge in [0.25, 0.3) is 0 Å². The summed E-state index contributed by atoms with van der Waals surface area (Å²) in [6, 6.07) is 18.1. The molecule has 11 heteroatoms. The van der Waals surface area contributed by atoms with E-state index in [-0.39, 0.29) is 30.0 Å². The Kier molecular flexibility index (Phi) is 9.64. The fourth-order valence-electron chi connectivity index (χ4n) is 6.92. The highest BCUT2D eigenvalue weighted by Gasteiger charge is 2.27. The summed E-state index contributed by atoms with van der Waals surface area (Å²) in [5, 5.41) is 11.0. The number of rotatable bonds is 10. The molecule has 2 fully saturated rings. The number of aryl methyl sites for hydroxylation is 1. The minimum Gasteiger partial charge on any atom is -0.481 e. The van der Waals surface area contributed by atoms with Gasteiger partial charge in [-0.3, -0.25) is 19.9 Å². The molecule has 3 aliphatic rings. The second-order valence-corrected chi connectivity index (χ2v) is 13.3. The van der Waals surface area contributed by atoms with Crippen LogP contribution < -0.4 is 20.7 Å². The number of carbonyl (C=O) groups excluding carboxylic acids is 2. The summed E-state index contributed by atoms with van der Waals surface area (Å²) in [5.41, 5.74) is 8.01. The first-order chi connectivity index (χ1) is 23.4. The summed E-state index contributed by atoms with van der Waals surface area (Å²) in [6.45, 7) is 1.62. The van der Waals surface area contributed by atoms with E-state index >= 15 is 0 Å². The highest BCUT2D eigenvalue weighted by molar-refractivity contribution is 6.39. The maximum atomic E-state index is 11.9. The van der Waals surface area contributed by atoms with Crippen molar-refractivity contribution < 1.29 is 19.1 Å². The summed E-state index contributed by atoms with van der Waals surface area (Å²) in [6.07, 6.45) is 7.04. The van der Waals surface area contributed by atoms with Crippen LogP contribution in [0.3, 0.4) is 0 Å². The van der Waals surface area contributed by atoms with Gasteiger partial charge in [0.1, 0.15) is 6.04 Å². The van der Waals surface area contributed by atoms with Gasteiger partial charge in [-0.2, -0.15) is 0 Å². The van der Waals surface area contributed by atoms with Crippen molar-refractivity contribution in [2.45, 2.75) is 63.2 Å². The van der Waals surface area contributed by atoms with E-state index in [1.54, 1.807) is 13.3 Å². The molecular weight excluding hydrogens is 649 g/mol. The normalized spacial score (nSPS) is 20.4. The van der Waals surface area contributed by atoms with Gasteiger partial charge in [-0.05, 0) is 55.0 Å². The number of methoxy groups -OCH3 is 1. The van der Waals surface area contributed by atoms with Gasteiger partial charge in [0.2, 0.25) is 11.8 Å². The highest BCUT2D eigenvalue weighted by Crippen LogP contribution is 2.42. The molecule has 2 aromatic carbocycles. The molecule has 0 bridgehead atoms. The lowest BCUT2D eigenvalue weighted by molar-refractivity contribution is -0.139. The molecule has 0 saturated carbocycles. The number of esters is 1. The quantitative estimate of drug-likeness (QED) is 0.163. The van der Waals surface area contributed by atoms with Gasteiger partial charge in [-0.1, -0.05) is 59.6 Å². The predicted molar refractivity (Wildman–Crippen MR) is 186 cm³/mol. The number of hydrogen-bond donors (Lipinski definition) is 3. The zero-order valence-corrected chi connectivity index (χ0v) is 28.2. The summed E-state index contributed by atoms with van der Waals surface area (Å²) >= 11 is 14.2. The Morgan fingerprint density at radius 1 is 0.938 bits per heavy atom. The molecule has 0 unspecified atom stereocenters. The van der Waals surface area contributed by atoms with Crippen LogP contribution in [-0.2, 0) is 27.3 Å². The minimum atomic E-state index is -0.330. The van der Waals surface area contributed by atoms with Crippen molar-refractivity contribution in [2.75, 3.05) is 20.3 Å². The van der Waals surface area contributed by atoms with Gasteiger partial charge >= 0.3 is 5.97 Å². The molecule has 4 heterocycles. The van der Waals surface area contributed by atoms with Crippen molar-refractivity contribution in [3.8, 4) is 39.5 Å². The molecule has 48 heavy (non-hydrogen) atoms. The summed E-state index contributed by atoms with van der Waals surface area (Å²) in [4.78, 5) is 33.0. The average molecular weight is 687 g/mol. The standard InChI is InChI=1S/C37H37Cl2N5O4/c1-47-36-23(19-41-31-15-17-48-37(31)46)9-12-30(44-36)28-6-3-5-26(33(28)38)27-14-16-40-35(34(27)39)22-8-11-25-21(18-22)4-2-7-29(25)42-20-24-10-13-32(45)43-24/h3,5-6,8-9,11-12,14,16,18,24,29,31,41-42H,2,4,7,10,13,15,17,19-20H2,1H3,(H,43,45)/t24-,29+,31-/m1/s1. The number of hydrogen-bond acceptors (Lipinski definition) is 8. The summed E-state index contributed by atoms with van der Waals surface area (Å²) < 4.78 is 10.7. The molecule has 4 aromatic rings. The second kappa shape index (κ2) is 14.2. The van der Waals surface area contributed by atoms with Gasteiger partial charge in [-0.15, -0.1) is 0 Å². The third-order valence-electron chi connectivity index (χ3n) is 9.49. The van der Waals surface area contributed by atoms with E-state index in [2.05, 4.69) is 34.1 Å². The first-order valence-corrected chi connectivity index (χ1v) is 17.2. The minimum absolute atomic E-state index is 0.139. The predicted octanol–water partition coefficient (Wildman–Crippen LogP) is 6.44. The van der Waals surface area contributed by atoms with Crippen LogP contribution in [0.1, 0.15) is 54.8 Å². The van der Waals surface area contributed by atoms with E-state index in [9.17, 15) is 9.59 Å². The fraction of sp³-hybridized carbons (Fsp3) is 0.351. The van der Waals surface area contributed by atoms with Gasteiger partial charge < -0.3 is 20.1 Å². The SMILES string of the molecule is COc1nc(-c2cccc(-c3ccnc(-c4ccc5c(c4)CCC[C@@H]5NC[C@H]4CCC(=O)N4)c3Cl)c2Cl)ccc1CN[C@@H]1CCOC1=O. The zero-order chi connectivity index (χ0) is 33.2. The summed E-state index contributed by atoms with van der Waals surface area (Å²) in [7, 11) is 1.57. The van der Waals surface area contributed by atoms with E-state index in [4.69, 9.17) is 42.6 Å². The van der Waals surface area contributed by atoms with Crippen molar-refractivity contribution >= 4 is 35.1 Å². The van der Waals surface area contributed by atoms with E-state index in [1.807, 2.05) is 36.4 Å². The smallest absolute Gasteiger partial charge is 0.323 e. The van der Waals surface area contributed by atoms with Crippen molar-refractivity contribution in [1.82, 2.24) is 25.9 Å². The molecule has 7 rings (SSSR count). The number of cyclic esters (lactones) is 1. The number of halogens is 2. The Morgan fingerprint density at radius 2 is 1.79 bits per heavy atom.